The average molecular weight is 236 g/mol. The number of fused-ring (bicyclic) bond motifs is 1. The topological polar surface area (TPSA) is 27.1 Å². The van der Waals surface area contributed by atoms with Crippen molar-refractivity contribution in [1.29, 1.82) is 5.41 Å². The van der Waals surface area contributed by atoms with Crippen LogP contribution in [0, 0.1) is 19.3 Å². The Hall–Kier alpha value is -2.09. The van der Waals surface area contributed by atoms with E-state index in [-0.39, 0.29) is 0 Å². The third kappa shape index (κ3) is 1.61. The predicted molar refractivity (Wildman–Crippen MR) is 75.4 cm³/mol. The first kappa shape index (κ1) is 11.0. The van der Waals surface area contributed by atoms with Gasteiger partial charge in [0.25, 0.3) is 0 Å². The molecule has 0 atom stereocenters. The maximum Gasteiger partial charge on any atom is 0.133 e. The van der Waals surface area contributed by atoms with E-state index in [0.717, 1.165) is 17.8 Å². The Morgan fingerprint density at radius 1 is 1.00 bits per heavy atom. The molecule has 3 rings (SSSR count). The molecular formula is C16H16N2. The number of benzene rings is 2. The molecule has 0 aromatic heterocycles. The summed E-state index contributed by atoms with van der Waals surface area (Å²) < 4.78 is 0. The minimum Gasteiger partial charge on any atom is -0.322 e. The molecule has 18 heavy (non-hydrogen) atoms. The Labute approximate surface area is 107 Å². The van der Waals surface area contributed by atoms with Crippen LogP contribution in [0.1, 0.15) is 22.3 Å². The van der Waals surface area contributed by atoms with Gasteiger partial charge in [-0.1, -0.05) is 30.3 Å². The molecule has 0 unspecified atom stereocenters. The maximum absolute atomic E-state index is 8.28. The van der Waals surface area contributed by atoms with E-state index in [1.54, 1.807) is 0 Å². The molecule has 2 aromatic rings. The number of hydrogen-bond acceptors (Lipinski definition) is 1. The third-order valence-corrected chi connectivity index (χ3v) is 3.67. The van der Waals surface area contributed by atoms with Gasteiger partial charge >= 0.3 is 0 Å². The zero-order chi connectivity index (χ0) is 12.7. The lowest BCUT2D eigenvalue weighted by atomic mass is 10.1. The van der Waals surface area contributed by atoms with Gasteiger partial charge in [-0.05, 0) is 42.7 Å². The number of aryl methyl sites for hydroxylation is 2. The van der Waals surface area contributed by atoms with Crippen molar-refractivity contribution in [2.75, 3.05) is 4.90 Å². The van der Waals surface area contributed by atoms with Gasteiger partial charge in [0, 0.05) is 11.3 Å². The molecule has 90 valence electrons. The van der Waals surface area contributed by atoms with Crippen molar-refractivity contribution in [2.45, 2.75) is 20.4 Å². The van der Waals surface area contributed by atoms with Crippen LogP contribution in [0.5, 0.6) is 0 Å². The Bertz CT molecular complexity index is 629. The van der Waals surface area contributed by atoms with Crippen molar-refractivity contribution in [2.24, 2.45) is 0 Å². The number of nitrogens with zero attached hydrogens (tertiary/aromatic N) is 1. The van der Waals surface area contributed by atoms with Crippen molar-refractivity contribution >= 4 is 11.5 Å². The van der Waals surface area contributed by atoms with Crippen LogP contribution < -0.4 is 4.90 Å². The van der Waals surface area contributed by atoms with Crippen LogP contribution in [0.3, 0.4) is 0 Å². The number of hydrogen-bond donors (Lipinski definition) is 1. The van der Waals surface area contributed by atoms with E-state index in [4.69, 9.17) is 5.41 Å². The summed E-state index contributed by atoms with van der Waals surface area (Å²) in [5.74, 6) is 0.605. The number of nitrogens with one attached hydrogen (secondary N) is 1. The molecule has 2 nitrogen and oxygen atoms in total. The molecular weight excluding hydrogens is 220 g/mol. The van der Waals surface area contributed by atoms with Crippen molar-refractivity contribution in [3.05, 3.63) is 64.7 Å². The first-order valence-corrected chi connectivity index (χ1v) is 6.18. The Morgan fingerprint density at radius 2 is 1.78 bits per heavy atom. The van der Waals surface area contributed by atoms with Gasteiger partial charge in [-0.15, -0.1) is 0 Å². The monoisotopic (exact) mass is 236 g/mol. The average Bonchev–Trinajstić information content (AvgIpc) is 2.71. The van der Waals surface area contributed by atoms with Gasteiger partial charge in [-0.25, -0.2) is 0 Å². The van der Waals surface area contributed by atoms with Gasteiger partial charge in [0.2, 0.25) is 0 Å². The molecule has 0 aliphatic carbocycles. The summed E-state index contributed by atoms with van der Waals surface area (Å²) in [4.78, 5) is 2.07. The second-order valence-electron chi connectivity index (χ2n) is 4.86. The highest BCUT2D eigenvalue weighted by atomic mass is 15.2. The quantitative estimate of drug-likeness (QED) is 0.804. The van der Waals surface area contributed by atoms with E-state index < -0.39 is 0 Å². The van der Waals surface area contributed by atoms with E-state index in [1.165, 1.54) is 16.7 Å². The van der Waals surface area contributed by atoms with E-state index in [0.29, 0.717) is 5.84 Å². The highest BCUT2D eigenvalue weighted by molar-refractivity contribution is 6.11. The first-order chi connectivity index (χ1) is 8.66. The van der Waals surface area contributed by atoms with Gasteiger partial charge in [-0.2, -0.15) is 0 Å². The van der Waals surface area contributed by atoms with Gasteiger partial charge in [-0.3, -0.25) is 5.41 Å². The van der Waals surface area contributed by atoms with Crippen LogP contribution in [0.4, 0.5) is 5.69 Å². The molecule has 1 aliphatic heterocycles. The van der Waals surface area contributed by atoms with Crippen LogP contribution in [0.15, 0.2) is 42.5 Å². The third-order valence-electron chi connectivity index (χ3n) is 3.67. The molecule has 0 saturated heterocycles. The van der Waals surface area contributed by atoms with Crippen LogP contribution in [0.2, 0.25) is 0 Å². The van der Waals surface area contributed by atoms with Gasteiger partial charge in [0.15, 0.2) is 0 Å². The van der Waals surface area contributed by atoms with Gasteiger partial charge < -0.3 is 4.90 Å². The van der Waals surface area contributed by atoms with Crippen molar-refractivity contribution in [1.82, 2.24) is 0 Å². The molecule has 0 amide bonds. The standard InChI is InChI=1S/C16H16N2/c1-11-7-8-14(9-12(11)2)18-10-13-5-3-4-6-15(13)16(18)17/h3-9,17H,10H2,1-2H3. The summed E-state index contributed by atoms with van der Waals surface area (Å²) in [7, 11) is 0. The fourth-order valence-corrected chi connectivity index (χ4v) is 2.40. The summed E-state index contributed by atoms with van der Waals surface area (Å²) in [5.41, 5.74) is 5.97. The summed E-state index contributed by atoms with van der Waals surface area (Å²) in [6.45, 7) is 5.03. The Morgan fingerprint density at radius 3 is 2.50 bits per heavy atom. The fraction of sp³-hybridized carbons (Fsp3) is 0.188. The molecule has 0 spiro atoms. The summed E-state index contributed by atoms with van der Waals surface area (Å²) in [5, 5.41) is 8.28. The molecule has 0 bridgehead atoms. The first-order valence-electron chi connectivity index (χ1n) is 6.18. The SMILES string of the molecule is Cc1ccc(N2Cc3ccccc3C2=N)cc1C. The zero-order valence-electron chi connectivity index (χ0n) is 10.7. The highest BCUT2D eigenvalue weighted by Crippen LogP contribution is 2.29. The second kappa shape index (κ2) is 3.98. The summed E-state index contributed by atoms with van der Waals surface area (Å²) in [6.07, 6.45) is 0. The predicted octanol–water partition coefficient (Wildman–Crippen LogP) is 3.65. The number of rotatable bonds is 1. The molecule has 0 saturated carbocycles. The minimum absolute atomic E-state index is 0.605. The zero-order valence-corrected chi connectivity index (χ0v) is 10.7. The van der Waals surface area contributed by atoms with E-state index in [9.17, 15) is 0 Å². The summed E-state index contributed by atoms with van der Waals surface area (Å²) in [6, 6.07) is 14.6. The highest BCUT2D eigenvalue weighted by Gasteiger charge is 2.24. The molecule has 1 heterocycles. The molecule has 1 aliphatic rings. The summed E-state index contributed by atoms with van der Waals surface area (Å²) >= 11 is 0. The molecule has 0 radical (unpaired) electrons. The minimum atomic E-state index is 0.605. The van der Waals surface area contributed by atoms with Crippen LogP contribution in [-0.2, 0) is 6.54 Å². The smallest absolute Gasteiger partial charge is 0.133 e. The largest absolute Gasteiger partial charge is 0.322 e. The fourth-order valence-electron chi connectivity index (χ4n) is 2.40. The second-order valence-corrected chi connectivity index (χ2v) is 4.86. The maximum atomic E-state index is 8.28. The number of amidine groups is 1. The lowest BCUT2D eigenvalue weighted by Crippen LogP contribution is -2.23. The van der Waals surface area contributed by atoms with Crippen molar-refractivity contribution in [3.8, 4) is 0 Å². The van der Waals surface area contributed by atoms with Crippen molar-refractivity contribution < 1.29 is 0 Å². The van der Waals surface area contributed by atoms with Crippen molar-refractivity contribution in [3.63, 3.8) is 0 Å². The lowest BCUT2D eigenvalue weighted by Gasteiger charge is -2.19. The van der Waals surface area contributed by atoms with E-state index in [1.807, 2.05) is 18.2 Å². The van der Waals surface area contributed by atoms with E-state index >= 15 is 0 Å². The molecule has 2 heteroatoms. The van der Waals surface area contributed by atoms with Gasteiger partial charge in [0.1, 0.15) is 5.84 Å². The van der Waals surface area contributed by atoms with Crippen LogP contribution in [0.25, 0.3) is 0 Å². The van der Waals surface area contributed by atoms with Crippen LogP contribution in [-0.4, -0.2) is 5.84 Å². The van der Waals surface area contributed by atoms with Gasteiger partial charge in [0.05, 0.1) is 6.54 Å². The molecule has 0 fully saturated rings. The lowest BCUT2D eigenvalue weighted by molar-refractivity contribution is 1.04. The van der Waals surface area contributed by atoms with E-state index in [2.05, 4.69) is 43.0 Å². The molecule has 2 aromatic carbocycles. The molecule has 1 N–H and O–H groups in total. The normalized spacial score (nSPS) is 13.9. The number of anilines is 1. The Balaban J connectivity index is 2.01. The Kier molecular flexibility index (Phi) is 2.44. The van der Waals surface area contributed by atoms with Crippen LogP contribution >= 0.6 is 0 Å².